The van der Waals surface area contributed by atoms with Crippen molar-refractivity contribution in [1.29, 1.82) is 0 Å². The molecule has 4 aliphatic rings. The summed E-state index contributed by atoms with van der Waals surface area (Å²) >= 11 is 5.64. The van der Waals surface area contributed by atoms with E-state index in [1.165, 1.54) is 44.1 Å². The second-order valence-electron chi connectivity index (χ2n) is 8.80. The molecule has 2 N–H and O–H groups in total. The van der Waals surface area contributed by atoms with Gasteiger partial charge in [-0.05, 0) is 105 Å². The van der Waals surface area contributed by atoms with Crippen molar-refractivity contribution in [2.75, 3.05) is 12.4 Å². The molecule has 4 aliphatic carbocycles. The van der Waals surface area contributed by atoms with Crippen LogP contribution >= 0.6 is 12.2 Å². The molecular weight excluding hydrogens is 328 g/mol. The summed E-state index contributed by atoms with van der Waals surface area (Å²) in [5.41, 5.74) is 2.59. The minimum absolute atomic E-state index is 0.428. The van der Waals surface area contributed by atoms with Gasteiger partial charge in [0.2, 0.25) is 0 Å². The van der Waals surface area contributed by atoms with Crippen molar-refractivity contribution in [1.82, 2.24) is 5.32 Å². The van der Waals surface area contributed by atoms with Gasteiger partial charge in [0.1, 0.15) is 5.75 Å². The van der Waals surface area contributed by atoms with Crippen molar-refractivity contribution < 1.29 is 4.74 Å². The third kappa shape index (κ3) is 3.25. The first-order valence-corrected chi connectivity index (χ1v) is 10.1. The Balaban J connectivity index is 1.44. The summed E-state index contributed by atoms with van der Waals surface area (Å²) in [6.07, 6.45) is 8.62. The van der Waals surface area contributed by atoms with Crippen LogP contribution in [0.5, 0.6) is 5.75 Å². The summed E-state index contributed by atoms with van der Waals surface area (Å²) in [5.74, 6) is 3.73. The first-order chi connectivity index (χ1) is 12.0. The quantitative estimate of drug-likeness (QED) is 0.751. The number of methoxy groups -OCH3 is 1. The fourth-order valence-corrected chi connectivity index (χ4v) is 6.42. The molecule has 1 aromatic rings. The van der Waals surface area contributed by atoms with Gasteiger partial charge >= 0.3 is 0 Å². The Morgan fingerprint density at radius 2 is 1.76 bits per heavy atom. The average molecular weight is 359 g/mol. The minimum atomic E-state index is 0.428. The van der Waals surface area contributed by atoms with Crippen LogP contribution in [0, 0.1) is 30.1 Å². The molecule has 4 bridgehead atoms. The summed E-state index contributed by atoms with van der Waals surface area (Å²) < 4.78 is 5.46. The summed E-state index contributed by atoms with van der Waals surface area (Å²) in [6.45, 7) is 4.42. The van der Waals surface area contributed by atoms with Crippen molar-refractivity contribution in [2.45, 2.75) is 58.4 Å². The third-order valence-electron chi connectivity index (χ3n) is 6.95. The molecule has 0 spiro atoms. The number of nitrogens with one attached hydrogen (secondary N) is 2. The number of rotatable bonds is 4. The number of hydrogen-bond acceptors (Lipinski definition) is 2. The van der Waals surface area contributed by atoms with E-state index in [2.05, 4.69) is 36.6 Å². The van der Waals surface area contributed by atoms with Gasteiger partial charge in [-0.15, -0.1) is 0 Å². The SMILES string of the molecule is COc1ccc(C)cc1NC(=S)N[C@H](C)C12CC3CC(CC(C3)C1)C2. The van der Waals surface area contributed by atoms with E-state index in [-0.39, 0.29) is 0 Å². The van der Waals surface area contributed by atoms with Crippen LogP contribution in [-0.2, 0) is 0 Å². The van der Waals surface area contributed by atoms with Crippen molar-refractivity contribution in [3.05, 3.63) is 23.8 Å². The molecule has 1 aromatic carbocycles. The molecule has 0 unspecified atom stereocenters. The summed E-state index contributed by atoms with van der Waals surface area (Å²) in [6, 6.07) is 6.56. The highest BCUT2D eigenvalue weighted by atomic mass is 32.1. The normalized spacial score (nSPS) is 33.8. The van der Waals surface area contributed by atoms with Crippen LogP contribution in [0.1, 0.15) is 51.0 Å². The molecule has 0 radical (unpaired) electrons. The standard InChI is InChI=1S/C21H30N2OS/c1-13-4-5-19(24-3)18(6-13)23-20(25)22-14(2)21-10-15-7-16(11-21)9-17(8-15)12-21/h4-6,14-17H,7-12H2,1-3H3,(H2,22,23,25)/t14-,15?,16?,17?,21?/m1/s1. The van der Waals surface area contributed by atoms with Crippen LogP contribution in [0.15, 0.2) is 18.2 Å². The molecule has 5 rings (SSSR count). The minimum Gasteiger partial charge on any atom is -0.495 e. The van der Waals surface area contributed by atoms with E-state index in [1.807, 2.05) is 6.07 Å². The lowest BCUT2D eigenvalue weighted by Crippen LogP contribution is -2.56. The Bertz CT molecular complexity index is 637. The number of hydrogen-bond donors (Lipinski definition) is 2. The molecule has 4 saturated carbocycles. The number of anilines is 1. The molecule has 4 fully saturated rings. The van der Waals surface area contributed by atoms with Gasteiger partial charge in [-0.25, -0.2) is 0 Å². The molecule has 0 saturated heterocycles. The lowest BCUT2D eigenvalue weighted by molar-refractivity contribution is -0.0671. The molecule has 136 valence electrons. The van der Waals surface area contributed by atoms with Gasteiger partial charge in [-0.2, -0.15) is 0 Å². The zero-order valence-electron chi connectivity index (χ0n) is 15.6. The summed E-state index contributed by atoms with van der Waals surface area (Å²) in [4.78, 5) is 0. The summed E-state index contributed by atoms with van der Waals surface area (Å²) in [7, 11) is 1.70. The maximum absolute atomic E-state index is 5.64. The Morgan fingerprint density at radius 1 is 1.16 bits per heavy atom. The Morgan fingerprint density at radius 3 is 2.32 bits per heavy atom. The van der Waals surface area contributed by atoms with Gasteiger partial charge < -0.3 is 15.4 Å². The fraction of sp³-hybridized carbons (Fsp3) is 0.667. The predicted molar refractivity (Wildman–Crippen MR) is 107 cm³/mol. The Kier molecular flexibility index (Phi) is 4.43. The Hall–Kier alpha value is -1.29. The zero-order chi connectivity index (χ0) is 17.6. The number of thiocarbonyl (C=S) groups is 1. The summed E-state index contributed by atoms with van der Waals surface area (Å²) in [5, 5.41) is 7.70. The van der Waals surface area contributed by atoms with Crippen molar-refractivity contribution in [2.24, 2.45) is 23.2 Å². The van der Waals surface area contributed by atoms with Crippen molar-refractivity contribution in [3.8, 4) is 5.75 Å². The molecule has 0 aliphatic heterocycles. The van der Waals surface area contributed by atoms with Gasteiger partial charge in [0.15, 0.2) is 5.11 Å². The van der Waals surface area contributed by atoms with E-state index in [4.69, 9.17) is 17.0 Å². The van der Waals surface area contributed by atoms with E-state index < -0.39 is 0 Å². The lowest BCUT2D eigenvalue weighted by Gasteiger charge is -2.59. The van der Waals surface area contributed by atoms with Crippen LogP contribution in [0.4, 0.5) is 5.69 Å². The van der Waals surface area contributed by atoms with Crippen LogP contribution in [-0.4, -0.2) is 18.3 Å². The van der Waals surface area contributed by atoms with Gasteiger partial charge in [0.25, 0.3) is 0 Å². The number of ether oxygens (including phenoxy) is 1. The van der Waals surface area contributed by atoms with Crippen molar-refractivity contribution >= 4 is 23.0 Å². The van der Waals surface area contributed by atoms with Gasteiger partial charge in [-0.1, -0.05) is 6.07 Å². The number of benzene rings is 1. The Labute approximate surface area is 156 Å². The highest BCUT2D eigenvalue weighted by molar-refractivity contribution is 7.80. The van der Waals surface area contributed by atoms with Crippen LogP contribution < -0.4 is 15.4 Å². The predicted octanol–water partition coefficient (Wildman–Crippen LogP) is 4.89. The maximum Gasteiger partial charge on any atom is 0.171 e. The average Bonchev–Trinajstić information content (AvgIpc) is 2.53. The van der Waals surface area contributed by atoms with E-state index in [0.29, 0.717) is 16.6 Å². The van der Waals surface area contributed by atoms with Crippen LogP contribution in [0.25, 0.3) is 0 Å². The monoisotopic (exact) mass is 358 g/mol. The van der Waals surface area contributed by atoms with Gasteiger partial charge in [0.05, 0.1) is 12.8 Å². The highest BCUT2D eigenvalue weighted by Crippen LogP contribution is 2.61. The highest BCUT2D eigenvalue weighted by Gasteiger charge is 2.53. The molecule has 0 aromatic heterocycles. The largest absolute Gasteiger partial charge is 0.495 e. The first kappa shape index (κ1) is 17.1. The molecule has 0 amide bonds. The van der Waals surface area contributed by atoms with Crippen LogP contribution in [0.2, 0.25) is 0 Å². The van der Waals surface area contributed by atoms with Crippen molar-refractivity contribution in [3.63, 3.8) is 0 Å². The smallest absolute Gasteiger partial charge is 0.171 e. The molecule has 0 heterocycles. The number of aryl methyl sites for hydroxylation is 1. The first-order valence-electron chi connectivity index (χ1n) is 9.69. The zero-order valence-corrected chi connectivity index (χ0v) is 16.4. The third-order valence-corrected chi connectivity index (χ3v) is 7.17. The molecule has 1 atom stereocenters. The van der Waals surface area contributed by atoms with E-state index in [0.717, 1.165) is 29.2 Å². The molecular formula is C21H30N2OS. The van der Waals surface area contributed by atoms with E-state index >= 15 is 0 Å². The van der Waals surface area contributed by atoms with Gasteiger partial charge in [-0.3, -0.25) is 0 Å². The van der Waals surface area contributed by atoms with Crippen LogP contribution in [0.3, 0.4) is 0 Å². The lowest BCUT2D eigenvalue weighted by atomic mass is 9.48. The molecule has 3 nitrogen and oxygen atoms in total. The van der Waals surface area contributed by atoms with E-state index in [9.17, 15) is 0 Å². The topological polar surface area (TPSA) is 33.3 Å². The van der Waals surface area contributed by atoms with E-state index in [1.54, 1.807) is 7.11 Å². The fourth-order valence-electron chi connectivity index (χ4n) is 6.14. The second-order valence-corrected chi connectivity index (χ2v) is 9.21. The maximum atomic E-state index is 5.64. The van der Waals surface area contributed by atoms with Gasteiger partial charge in [0, 0.05) is 6.04 Å². The molecule has 25 heavy (non-hydrogen) atoms. The second kappa shape index (κ2) is 6.46. The molecule has 4 heteroatoms.